The van der Waals surface area contributed by atoms with Gasteiger partial charge in [0.25, 0.3) is 5.56 Å². The first-order chi connectivity index (χ1) is 12.8. The molecule has 1 unspecified atom stereocenters. The summed E-state index contributed by atoms with van der Waals surface area (Å²) in [6.45, 7) is 8.58. The highest BCUT2D eigenvalue weighted by molar-refractivity contribution is 6.03. The van der Waals surface area contributed by atoms with Gasteiger partial charge in [0.2, 0.25) is 11.7 Å². The zero-order valence-electron chi connectivity index (χ0n) is 15.7. The van der Waals surface area contributed by atoms with Crippen molar-refractivity contribution in [1.82, 2.24) is 4.57 Å². The second-order valence-corrected chi connectivity index (χ2v) is 6.14. The quantitative estimate of drug-likeness (QED) is 0.600. The number of hydrogen-bond donors (Lipinski definition) is 1. The van der Waals surface area contributed by atoms with E-state index >= 15 is 0 Å². The number of rotatable bonds is 7. The van der Waals surface area contributed by atoms with Gasteiger partial charge in [0, 0.05) is 6.54 Å². The topological polar surface area (TPSA) is 92.3 Å². The average molecular weight is 366 g/mol. The molecule has 2 rings (SSSR count). The molecule has 0 spiro atoms. The smallest absolute Gasteiger partial charge is 0.271 e. The molecule has 1 N–H and O–H groups in total. The first-order valence-electron chi connectivity index (χ1n) is 8.62. The van der Waals surface area contributed by atoms with Gasteiger partial charge in [-0.25, -0.2) is 0 Å². The summed E-state index contributed by atoms with van der Waals surface area (Å²) in [5, 5.41) is 19.8. The number of nitrogens with zero attached hydrogens (tertiary/aromatic N) is 2. The number of carbonyl (C=O) groups is 1. The minimum Gasteiger partial charge on any atom is -0.494 e. The fourth-order valence-electron chi connectivity index (χ4n) is 2.81. The fourth-order valence-corrected chi connectivity index (χ4v) is 2.81. The zero-order chi connectivity index (χ0) is 20.1. The summed E-state index contributed by atoms with van der Waals surface area (Å²) in [6, 6.07) is 9.18. The standard InChI is InChI=1S/C21H22N2O4/c1-5-11-23-20(25)17(12-22)13(3)18(21(23)26)19(24)14(4)27-16-9-7-15(6-2)8-10-16/h5,7-10,14,26H,1,6,11H2,2-4H3. The largest absolute Gasteiger partial charge is 0.494 e. The third-order valence-electron chi connectivity index (χ3n) is 4.37. The Balaban J connectivity index is 2.44. The van der Waals surface area contributed by atoms with E-state index in [9.17, 15) is 20.0 Å². The van der Waals surface area contributed by atoms with Gasteiger partial charge in [-0.15, -0.1) is 6.58 Å². The van der Waals surface area contributed by atoms with Gasteiger partial charge in [0.05, 0.1) is 5.56 Å². The lowest BCUT2D eigenvalue weighted by Crippen LogP contribution is -2.30. The second-order valence-electron chi connectivity index (χ2n) is 6.14. The number of Topliss-reactive ketones (excluding diaryl/α,β-unsaturated/α-hetero) is 1. The number of aromatic nitrogens is 1. The third kappa shape index (κ3) is 3.93. The lowest BCUT2D eigenvalue weighted by molar-refractivity contribution is 0.0812. The Bertz CT molecular complexity index is 966. The number of pyridine rings is 1. The highest BCUT2D eigenvalue weighted by atomic mass is 16.5. The van der Waals surface area contributed by atoms with E-state index in [-0.39, 0.29) is 23.2 Å². The van der Waals surface area contributed by atoms with E-state index in [1.807, 2.05) is 25.1 Å². The highest BCUT2D eigenvalue weighted by Gasteiger charge is 2.27. The van der Waals surface area contributed by atoms with Gasteiger partial charge >= 0.3 is 0 Å². The van der Waals surface area contributed by atoms with Crippen LogP contribution in [0.3, 0.4) is 0 Å². The Morgan fingerprint density at radius 2 is 2.04 bits per heavy atom. The SMILES string of the molecule is C=CCn1c(O)c(C(=O)C(C)Oc2ccc(CC)cc2)c(C)c(C#N)c1=O. The lowest BCUT2D eigenvalue weighted by Gasteiger charge is -2.18. The van der Waals surface area contributed by atoms with Crippen LogP contribution in [-0.2, 0) is 13.0 Å². The summed E-state index contributed by atoms with van der Waals surface area (Å²) in [4.78, 5) is 25.2. The van der Waals surface area contributed by atoms with E-state index in [0.717, 1.165) is 16.6 Å². The molecule has 0 radical (unpaired) electrons. The Morgan fingerprint density at radius 3 is 2.56 bits per heavy atom. The van der Waals surface area contributed by atoms with Crippen molar-refractivity contribution in [1.29, 1.82) is 5.26 Å². The van der Waals surface area contributed by atoms with E-state index < -0.39 is 23.3 Å². The van der Waals surface area contributed by atoms with E-state index in [1.54, 1.807) is 19.1 Å². The van der Waals surface area contributed by atoms with E-state index in [1.165, 1.54) is 13.0 Å². The van der Waals surface area contributed by atoms with Crippen molar-refractivity contribution >= 4 is 5.78 Å². The molecule has 1 aromatic heterocycles. The van der Waals surface area contributed by atoms with Gasteiger partial charge in [-0.2, -0.15) is 5.26 Å². The first kappa shape index (κ1) is 20.0. The maximum absolute atomic E-state index is 12.9. The van der Waals surface area contributed by atoms with Gasteiger partial charge in [0.15, 0.2) is 6.10 Å². The van der Waals surface area contributed by atoms with E-state index in [0.29, 0.717) is 5.75 Å². The monoisotopic (exact) mass is 366 g/mol. The van der Waals surface area contributed by atoms with Crippen molar-refractivity contribution in [3.63, 3.8) is 0 Å². The Morgan fingerprint density at radius 1 is 1.41 bits per heavy atom. The van der Waals surface area contributed by atoms with Crippen LogP contribution in [0.4, 0.5) is 0 Å². The predicted molar refractivity (Wildman–Crippen MR) is 102 cm³/mol. The minimum absolute atomic E-state index is 0.0202. The molecule has 1 atom stereocenters. The highest BCUT2D eigenvalue weighted by Crippen LogP contribution is 2.25. The number of aromatic hydroxyl groups is 1. The molecule has 0 aliphatic carbocycles. The summed E-state index contributed by atoms with van der Waals surface area (Å²) in [5.74, 6) is -0.484. The number of aryl methyl sites for hydroxylation is 1. The van der Waals surface area contributed by atoms with Gasteiger partial charge in [-0.3, -0.25) is 14.2 Å². The van der Waals surface area contributed by atoms with Crippen LogP contribution >= 0.6 is 0 Å². The number of carbonyl (C=O) groups excluding carboxylic acids is 1. The summed E-state index contributed by atoms with van der Waals surface area (Å²) in [6.07, 6.45) is 1.38. The summed E-state index contributed by atoms with van der Waals surface area (Å²) >= 11 is 0. The van der Waals surface area contributed by atoms with Crippen LogP contribution in [0.2, 0.25) is 0 Å². The van der Waals surface area contributed by atoms with Gasteiger partial charge in [-0.05, 0) is 43.5 Å². The van der Waals surface area contributed by atoms with Gasteiger partial charge < -0.3 is 9.84 Å². The summed E-state index contributed by atoms with van der Waals surface area (Å²) < 4.78 is 6.65. The molecule has 6 heteroatoms. The van der Waals surface area contributed by atoms with Crippen molar-refractivity contribution in [2.24, 2.45) is 0 Å². The van der Waals surface area contributed by atoms with Gasteiger partial charge in [0.1, 0.15) is 17.4 Å². The van der Waals surface area contributed by atoms with E-state index in [4.69, 9.17) is 4.74 Å². The van der Waals surface area contributed by atoms with Crippen LogP contribution in [0, 0.1) is 18.3 Å². The maximum Gasteiger partial charge on any atom is 0.271 e. The molecule has 27 heavy (non-hydrogen) atoms. The molecular formula is C21H22N2O4. The summed E-state index contributed by atoms with van der Waals surface area (Å²) in [5.41, 5.74) is 0.350. The second kappa shape index (κ2) is 8.37. The number of nitriles is 1. The molecule has 6 nitrogen and oxygen atoms in total. The van der Waals surface area contributed by atoms with Crippen LogP contribution in [0.1, 0.15) is 40.9 Å². The molecule has 0 saturated heterocycles. The number of allylic oxidation sites excluding steroid dienone is 1. The van der Waals surface area contributed by atoms with Crippen molar-refractivity contribution in [2.75, 3.05) is 0 Å². The Hall–Kier alpha value is -3.33. The molecule has 2 aromatic rings. The molecular weight excluding hydrogens is 344 g/mol. The molecule has 0 bridgehead atoms. The Labute approximate surface area is 158 Å². The first-order valence-corrected chi connectivity index (χ1v) is 8.62. The van der Waals surface area contributed by atoms with Crippen molar-refractivity contribution in [3.8, 4) is 17.7 Å². The van der Waals surface area contributed by atoms with Crippen molar-refractivity contribution in [3.05, 3.63) is 69.5 Å². The number of benzene rings is 1. The molecule has 1 heterocycles. The van der Waals surface area contributed by atoms with E-state index in [2.05, 4.69) is 6.58 Å². The lowest BCUT2D eigenvalue weighted by atomic mass is 9.99. The van der Waals surface area contributed by atoms with Crippen LogP contribution in [0.15, 0.2) is 41.7 Å². The third-order valence-corrected chi connectivity index (χ3v) is 4.37. The van der Waals surface area contributed by atoms with Crippen LogP contribution in [0.25, 0.3) is 0 Å². The number of ketones is 1. The molecule has 0 aliphatic heterocycles. The zero-order valence-corrected chi connectivity index (χ0v) is 15.7. The normalized spacial score (nSPS) is 11.5. The molecule has 140 valence electrons. The molecule has 0 aliphatic rings. The maximum atomic E-state index is 12.9. The van der Waals surface area contributed by atoms with Crippen LogP contribution in [-0.4, -0.2) is 21.6 Å². The number of ether oxygens (including phenoxy) is 1. The van der Waals surface area contributed by atoms with Crippen LogP contribution < -0.4 is 10.3 Å². The Kier molecular flexibility index (Phi) is 6.19. The van der Waals surface area contributed by atoms with Crippen molar-refractivity contribution < 1.29 is 14.6 Å². The predicted octanol–water partition coefficient (Wildman–Crippen LogP) is 3.13. The molecule has 0 saturated carbocycles. The molecule has 1 aromatic carbocycles. The molecule has 0 amide bonds. The molecule has 0 fully saturated rings. The van der Waals surface area contributed by atoms with Gasteiger partial charge in [-0.1, -0.05) is 25.1 Å². The number of hydrogen-bond acceptors (Lipinski definition) is 5. The summed E-state index contributed by atoms with van der Waals surface area (Å²) in [7, 11) is 0. The van der Waals surface area contributed by atoms with Crippen molar-refractivity contribution in [2.45, 2.75) is 39.8 Å². The minimum atomic E-state index is -0.914. The fraction of sp³-hybridized carbons (Fsp3) is 0.286. The average Bonchev–Trinajstić information content (AvgIpc) is 2.66. The van der Waals surface area contributed by atoms with Crippen LogP contribution in [0.5, 0.6) is 11.6 Å².